The largest absolute Gasteiger partial charge is 0.467 e. The van der Waals surface area contributed by atoms with E-state index in [-0.39, 0.29) is 16.3 Å². The van der Waals surface area contributed by atoms with Gasteiger partial charge in [-0.1, -0.05) is 0 Å². The molecule has 1 rings (SSSR count). The highest BCUT2D eigenvalue weighted by Gasteiger charge is 2.31. The van der Waals surface area contributed by atoms with Crippen molar-refractivity contribution in [2.75, 3.05) is 11.9 Å². The normalized spacial score (nSPS) is 11.2. The molecule has 0 radical (unpaired) electrons. The van der Waals surface area contributed by atoms with Crippen LogP contribution in [0, 0.1) is 22.7 Å². The van der Waals surface area contributed by atoms with Gasteiger partial charge in [0.25, 0.3) is 5.25 Å². The van der Waals surface area contributed by atoms with E-state index in [0.717, 1.165) is 11.3 Å². The summed E-state index contributed by atoms with van der Waals surface area (Å²) < 4.78 is 10.9. The van der Waals surface area contributed by atoms with Gasteiger partial charge >= 0.3 is 11.7 Å². The Morgan fingerprint density at radius 2 is 2.06 bits per heavy atom. The van der Waals surface area contributed by atoms with Crippen LogP contribution in [0.15, 0.2) is 0 Å². The van der Waals surface area contributed by atoms with Gasteiger partial charge in [-0.3, -0.25) is 4.79 Å². The van der Waals surface area contributed by atoms with Crippen molar-refractivity contribution < 1.29 is 9.00 Å². The number of thiophene rings is 1. The summed E-state index contributed by atoms with van der Waals surface area (Å²) in [6, 6.07) is 3.95. The van der Waals surface area contributed by atoms with Crippen LogP contribution in [-0.2, 0) is 20.7 Å². The molecule has 1 amide bonds. The smallest absolute Gasteiger partial charge is 0.313 e. The van der Waals surface area contributed by atoms with Crippen LogP contribution in [0.2, 0.25) is 0 Å². The van der Waals surface area contributed by atoms with Gasteiger partial charge in [-0.05, 0) is 0 Å². The zero-order chi connectivity index (χ0) is 13.9. The minimum absolute atomic E-state index is 0.241. The van der Waals surface area contributed by atoms with Crippen LogP contribution in [0.1, 0.15) is 34.4 Å². The lowest BCUT2D eigenvalue weighted by atomic mass is 10.1. The maximum Gasteiger partial charge on any atom is 0.467 e. The molecule has 0 spiro atoms. The van der Waals surface area contributed by atoms with E-state index in [9.17, 15) is 14.3 Å². The number of carbonyl (C=O) groups excluding carboxylic acids is 1. The Balaban J connectivity index is 3.56. The lowest BCUT2D eigenvalue weighted by Crippen LogP contribution is -2.24. The van der Waals surface area contributed by atoms with Crippen LogP contribution in [0.3, 0.4) is 0 Å². The molecule has 0 saturated carbocycles. The fourth-order valence-corrected chi connectivity index (χ4v) is 2.91. The highest BCUT2D eigenvalue weighted by Crippen LogP contribution is 2.38. The monoisotopic (exact) mass is 280 g/mol. The molecule has 1 aromatic heterocycles. The highest BCUT2D eigenvalue weighted by atomic mass is 32.1. The molecule has 0 aliphatic rings. The van der Waals surface area contributed by atoms with Crippen molar-refractivity contribution in [2.45, 2.75) is 19.1 Å². The van der Waals surface area contributed by atoms with Crippen molar-refractivity contribution in [1.82, 2.24) is 0 Å². The van der Waals surface area contributed by atoms with E-state index in [0.29, 0.717) is 22.2 Å². The molecule has 18 heavy (non-hydrogen) atoms. The van der Waals surface area contributed by atoms with E-state index in [2.05, 4.69) is 0 Å². The summed E-state index contributed by atoms with van der Waals surface area (Å²) in [6.45, 7) is 3.02. The third-order valence-electron chi connectivity index (χ3n) is 2.44. The quantitative estimate of drug-likeness (QED) is 0.792. The van der Waals surface area contributed by atoms with Crippen molar-refractivity contribution in [3.05, 3.63) is 15.3 Å². The van der Waals surface area contributed by atoms with Gasteiger partial charge in [-0.25, -0.2) is 0 Å². The molecule has 0 saturated heterocycles. The van der Waals surface area contributed by atoms with Gasteiger partial charge in [0.05, 0.1) is 16.1 Å². The van der Waals surface area contributed by atoms with Crippen LogP contribution < -0.4 is 4.90 Å². The van der Waals surface area contributed by atoms with Crippen LogP contribution in [-0.4, -0.2) is 13.0 Å². The average molecular weight is 280 g/mol. The first-order chi connectivity index (χ1) is 8.47. The van der Waals surface area contributed by atoms with Crippen LogP contribution in [0.4, 0.5) is 5.69 Å². The van der Waals surface area contributed by atoms with Crippen LogP contribution in [0.25, 0.3) is 0 Å². The summed E-state index contributed by atoms with van der Waals surface area (Å²) in [6.07, 6.45) is 0. The topological polar surface area (TPSA) is 85.0 Å². The van der Waals surface area contributed by atoms with Crippen molar-refractivity contribution in [3.63, 3.8) is 0 Å². The van der Waals surface area contributed by atoms with Crippen molar-refractivity contribution >= 4 is 34.6 Å². The Labute approximate surface area is 113 Å². The number of amides is 1. The van der Waals surface area contributed by atoms with Gasteiger partial charge in [-0.2, -0.15) is 10.5 Å². The minimum Gasteiger partial charge on any atom is -0.313 e. The van der Waals surface area contributed by atoms with E-state index < -0.39 is 5.25 Å². The highest BCUT2D eigenvalue weighted by molar-refractivity contribution is 7.66. The van der Waals surface area contributed by atoms with Gasteiger partial charge < -0.3 is 4.90 Å². The molecule has 0 aromatic carbocycles. The Morgan fingerprint density at radius 1 is 1.44 bits per heavy atom. The zero-order valence-corrected chi connectivity index (χ0v) is 11.7. The summed E-state index contributed by atoms with van der Waals surface area (Å²) in [5, 5.41) is 17.8. The molecule has 92 valence electrons. The third-order valence-corrected chi connectivity index (χ3v) is 4.38. The molecule has 1 aromatic rings. The number of hydrogen-bond acceptors (Lipinski definition) is 5. The predicted molar refractivity (Wildman–Crippen MR) is 69.3 cm³/mol. The SMILES string of the molecule is CC(=O)N(C)c1c(C#N)sc(C(C)[S+]=O)c1C#N. The lowest BCUT2D eigenvalue weighted by molar-refractivity contribution is -0.116. The van der Waals surface area contributed by atoms with E-state index >= 15 is 0 Å². The second-order valence-corrected chi connectivity index (χ2v) is 5.51. The van der Waals surface area contributed by atoms with Crippen molar-refractivity contribution in [3.8, 4) is 12.1 Å². The third kappa shape index (κ3) is 2.37. The number of anilines is 1. The summed E-state index contributed by atoms with van der Waals surface area (Å²) in [7, 11) is 1.50. The molecule has 1 heterocycles. The van der Waals surface area contributed by atoms with Gasteiger partial charge in [0, 0.05) is 25.1 Å². The summed E-state index contributed by atoms with van der Waals surface area (Å²) >= 11 is 1.45. The first-order valence-electron chi connectivity index (χ1n) is 4.97. The number of rotatable bonds is 3. The zero-order valence-electron chi connectivity index (χ0n) is 10.1. The fourth-order valence-electron chi connectivity index (χ4n) is 1.43. The molecule has 0 fully saturated rings. The fraction of sp³-hybridized carbons (Fsp3) is 0.364. The molecule has 0 aliphatic heterocycles. The molecule has 0 bridgehead atoms. The Kier molecular flexibility index (Phi) is 4.49. The molecular formula is C11H10N3O2S2+. The molecule has 1 unspecified atom stereocenters. The lowest BCUT2D eigenvalue weighted by Gasteiger charge is -2.14. The van der Waals surface area contributed by atoms with E-state index in [1.807, 2.05) is 12.1 Å². The number of nitrogens with zero attached hydrogens (tertiary/aromatic N) is 3. The summed E-state index contributed by atoms with van der Waals surface area (Å²) in [4.78, 5) is 13.5. The predicted octanol–water partition coefficient (Wildman–Crippen LogP) is 1.96. The van der Waals surface area contributed by atoms with Crippen molar-refractivity contribution in [1.29, 1.82) is 10.5 Å². The molecule has 5 nitrogen and oxygen atoms in total. The van der Waals surface area contributed by atoms with Crippen LogP contribution in [0.5, 0.6) is 0 Å². The molecule has 0 aliphatic carbocycles. The van der Waals surface area contributed by atoms with Crippen molar-refractivity contribution in [2.24, 2.45) is 0 Å². The Hall–Kier alpha value is -1.83. The van der Waals surface area contributed by atoms with E-state index in [4.69, 9.17) is 5.26 Å². The average Bonchev–Trinajstić information content (AvgIpc) is 2.74. The second kappa shape index (κ2) is 5.67. The Bertz CT molecular complexity index is 580. The molecule has 7 heteroatoms. The summed E-state index contributed by atoms with van der Waals surface area (Å²) in [5.74, 6) is -0.269. The maximum absolute atomic E-state index is 11.4. The summed E-state index contributed by atoms with van der Waals surface area (Å²) in [5.41, 5.74) is 0.540. The van der Waals surface area contributed by atoms with Crippen LogP contribution >= 0.6 is 11.3 Å². The molecule has 1 atom stereocenters. The number of nitriles is 2. The Morgan fingerprint density at radius 3 is 2.44 bits per heavy atom. The van der Waals surface area contributed by atoms with E-state index in [1.165, 1.54) is 18.9 Å². The second-order valence-electron chi connectivity index (χ2n) is 3.56. The van der Waals surface area contributed by atoms with E-state index in [1.54, 1.807) is 6.92 Å². The van der Waals surface area contributed by atoms with Gasteiger partial charge in [0.15, 0.2) is 0 Å². The minimum atomic E-state index is -0.425. The van der Waals surface area contributed by atoms with Gasteiger partial charge in [0.2, 0.25) is 5.91 Å². The molecular weight excluding hydrogens is 270 g/mol. The first-order valence-corrected chi connectivity index (χ1v) is 6.59. The number of hydrogen-bond donors (Lipinski definition) is 0. The first kappa shape index (κ1) is 14.2. The standard InChI is InChI=1S/C11H10N3O2S2/c1-6(18-16)11-8(4-12)10(9(5-13)17-11)14(3)7(2)15/h6H,1-3H3/q+1. The molecule has 0 N–H and O–H groups in total. The van der Waals surface area contributed by atoms with Gasteiger partial charge in [-0.15, -0.1) is 11.3 Å². The number of carbonyl (C=O) groups is 1. The maximum atomic E-state index is 11.4. The van der Waals surface area contributed by atoms with Gasteiger partial charge in [0.1, 0.15) is 17.0 Å².